The Morgan fingerprint density at radius 3 is 2.78 bits per heavy atom. The van der Waals surface area contributed by atoms with Crippen LogP contribution in [0, 0.1) is 0 Å². The number of hydrogen-bond acceptors (Lipinski definition) is 4. The number of carboxylic acids is 1. The third-order valence-corrected chi connectivity index (χ3v) is 3.53. The van der Waals surface area contributed by atoms with Gasteiger partial charge in [0, 0.05) is 33.8 Å². The summed E-state index contributed by atoms with van der Waals surface area (Å²) in [4.78, 5) is 13.3. The lowest BCUT2D eigenvalue weighted by molar-refractivity contribution is 0.0379. The van der Waals surface area contributed by atoms with Gasteiger partial charge < -0.3 is 9.84 Å². The third-order valence-electron chi connectivity index (χ3n) is 3.53. The molecular weight excluding hydrogens is 234 g/mol. The summed E-state index contributed by atoms with van der Waals surface area (Å²) in [5.74, 6) is -0.912. The number of methoxy groups -OCH3 is 1. The highest BCUT2D eigenvalue weighted by Gasteiger charge is 2.22. The summed E-state index contributed by atoms with van der Waals surface area (Å²) in [6.45, 7) is 2.50. The highest BCUT2D eigenvalue weighted by molar-refractivity contribution is 5.88. The smallest absolute Gasteiger partial charge is 0.339 e. The molecule has 0 atom stereocenters. The lowest BCUT2D eigenvalue weighted by Gasteiger charge is -2.31. The summed E-state index contributed by atoms with van der Waals surface area (Å²) in [5, 5.41) is 13.1. The van der Waals surface area contributed by atoms with Crippen molar-refractivity contribution in [2.45, 2.75) is 25.5 Å². The normalized spacial score (nSPS) is 18.1. The van der Waals surface area contributed by atoms with Crippen molar-refractivity contribution in [1.82, 2.24) is 14.7 Å². The van der Waals surface area contributed by atoms with Crippen LogP contribution in [0.1, 0.15) is 28.9 Å². The fraction of sp³-hybridized carbons (Fsp3) is 0.667. The van der Waals surface area contributed by atoms with Crippen molar-refractivity contribution in [3.05, 3.63) is 17.5 Å². The Labute approximate surface area is 106 Å². The van der Waals surface area contributed by atoms with Crippen LogP contribution in [-0.2, 0) is 18.3 Å². The molecule has 1 fully saturated rings. The summed E-state index contributed by atoms with van der Waals surface area (Å²) in [7, 11) is 3.52. The van der Waals surface area contributed by atoms with Crippen molar-refractivity contribution >= 4 is 5.97 Å². The standard InChI is InChI=1S/C12H19N3O3/c1-14-11(10(7-13-14)12(16)17)8-15-5-3-9(18-2)4-6-15/h7,9H,3-6,8H2,1-2H3,(H,16,17). The topological polar surface area (TPSA) is 67.6 Å². The molecule has 0 amide bonds. The van der Waals surface area contributed by atoms with Gasteiger partial charge in [0.2, 0.25) is 0 Å². The molecule has 1 N–H and O–H groups in total. The average Bonchev–Trinajstić information content (AvgIpc) is 2.72. The zero-order chi connectivity index (χ0) is 13.1. The fourth-order valence-electron chi connectivity index (χ4n) is 2.34. The van der Waals surface area contributed by atoms with E-state index in [0.717, 1.165) is 31.6 Å². The molecule has 6 nitrogen and oxygen atoms in total. The van der Waals surface area contributed by atoms with Gasteiger partial charge in [-0.2, -0.15) is 5.10 Å². The minimum atomic E-state index is -0.912. The van der Waals surface area contributed by atoms with Gasteiger partial charge >= 0.3 is 5.97 Å². The lowest BCUT2D eigenvalue weighted by atomic mass is 10.1. The van der Waals surface area contributed by atoms with Crippen molar-refractivity contribution in [3.8, 4) is 0 Å². The molecule has 1 aromatic heterocycles. The largest absolute Gasteiger partial charge is 0.478 e. The van der Waals surface area contributed by atoms with Crippen LogP contribution in [0.5, 0.6) is 0 Å². The number of carbonyl (C=O) groups is 1. The zero-order valence-corrected chi connectivity index (χ0v) is 10.8. The van der Waals surface area contributed by atoms with E-state index in [0.29, 0.717) is 18.2 Å². The molecule has 0 aromatic carbocycles. The lowest BCUT2D eigenvalue weighted by Crippen LogP contribution is -2.36. The van der Waals surface area contributed by atoms with E-state index in [1.807, 2.05) is 0 Å². The Balaban J connectivity index is 2.02. The second-order valence-electron chi connectivity index (χ2n) is 4.64. The van der Waals surface area contributed by atoms with Gasteiger partial charge in [-0.3, -0.25) is 9.58 Å². The van der Waals surface area contributed by atoms with Crippen LogP contribution in [0.4, 0.5) is 0 Å². The maximum atomic E-state index is 11.1. The molecule has 0 saturated carbocycles. The highest BCUT2D eigenvalue weighted by Crippen LogP contribution is 2.17. The molecule has 2 rings (SSSR count). The Bertz CT molecular complexity index is 422. The summed E-state index contributed by atoms with van der Waals surface area (Å²) >= 11 is 0. The second-order valence-corrected chi connectivity index (χ2v) is 4.64. The summed E-state index contributed by atoms with van der Waals surface area (Å²) in [5.41, 5.74) is 1.06. The molecule has 1 aromatic rings. The number of hydrogen-bond donors (Lipinski definition) is 1. The molecule has 0 spiro atoms. The van der Waals surface area contributed by atoms with E-state index < -0.39 is 5.97 Å². The first-order valence-corrected chi connectivity index (χ1v) is 6.11. The molecule has 0 radical (unpaired) electrons. The summed E-state index contributed by atoms with van der Waals surface area (Å²) < 4.78 is 6.97. The number of aromatic nitrogens is 2. The van der Waals surface area contributed by atoms with Gasteiger partial charge in [-0.25, -0.2) is 4.79 Å². The molecular formula is C12H19N3O3. The van der Waals surface area contributed by atoms with Gasteiger partial charge in [-0.15, -0.1) is 0 Å². The minimum Gasteiger partial charge on any atom is -0.478 e. The molecule has 100 valence electrons. The number of aromatic carboxylic acids is 1. The van der Waals surface area contributed by atoms with Gasteiger partial charge in [-0.05, 0) is 12.8 Å². The Morgan fingerprint density at radius 1 is 1.56 bits per heavy atom. The van der Waals surface area contributed by atoms with Crippen LogP contribution in [0.15, 0.2) is 6.20 Å². The summed E-state index contributed by atoms with van der Waals surface area (Å²) in [6, 6.07) is 0. The molecule has 1 aliphatic heterocycles. The van der Waals surface area contributed by atoms with Crippen LogP contribution < -0.4 is 0 Å². The SMILES string of the molecule is COC1CCN(Cc2c(C(=O)O)cnn2C)CC1. The van der Waals surface area contributed by atoms with Crippen LogP contribution >= 0.6 is 0 Å². The minimum absolute atomic E-state index is 0.298. The molecule has 6 heteroatoms. The predicted octanol–water partition coefficient (Wildman–Crippen LogP) is 0.729. The van der Waals surface area contributed by atoms with Crippen molar-refractivity contribution in [2.24, 2.45) is 7.05 Å². The van der Waals surface area contributed by atoms with Gasteiger partial charge in [0.15, 0.2) is 0 Å². The first-order valence-electron chi connectivity index (χ1n) is 6.11. The van der Waals surface area contributed by atoms with Crippen molar-refractivity contribution in [2.75, 3.05) is 20.2 Å². The monoisotopic (exact) mass is 253 g/mol. The summed E-state index contributed by atoms with van der Waals surface area (Å²) in [6.07, 6.45) is 3.75. The molecule has 1 aliphatic rings. The van der Waals surface area contributed by atoms with Crippen molar-refractivity contribution < 1.29 is 14.6 Å². The van der Waals surface area contributed by atoms with Crippen LogP contribution in [-0.4, -0.2) is 52.1 Å². The van der Waals surface area contributed by atoms with E-state index in [1.54, 1.807) is 18.8 Å². The zero-order valence-electron chi connectivity index (χ0n) is 10.8. The number of nitrogens with zero attached hydrogens (tertiary/aromatic N) is 3. The van der Waals surface area contributed by atoms with Gasteiger partial charge in [0.05, 0.1) is 18.0 Å². The van der Waals surface area contributed by atoms with Crippen LogP contribution in [0.3, 0.4) is 0 Å². The second kappa shape index (κ2) is 5.49. The highest BCUT2D eigenvalue weighted by atomic mass is 16.5. The number of ether oxygens (including phenoxy) is 1. The van der Waals surface area contributed by atoms with E-state index >= 15 is 0 Å². The Hall–Kier alpha value is -1.40. The van der Waals surface area contributed by atoms with E-state index in [1.165, 1.54) is 6.20 Å². The Kier molecular flexibility index (Phi) is 3.98. The van der Waals surface area contributed by atoms with Crippen molar-refractivity contribution in [1.29, 1.82) is 0 Å². The van der Waals surface area contributed by atoms with Crippen molar-refractivity contribution in [3.63, 3.8) is 0 Å². The van der Waals surface area contributed by atoms with Gasteiger partial charge in [0.25, 0.3) is 0 Å². The van der Waals surface area contributed by atoms with Crippen LogP contribution in [0.2, 0.25) is 0 Å². The number of aryl methyl sites for hydroxylation is 1. The molecule has 1 saturated heterocycles. The van der Waals surface area contributed by atoms with E-state index in [2.05, 4.69) is 10.00 Å². The Morgan fingerprint density at radius 2 is 2.22 bits per heavy atom. The van der Waals surface area contributed by atoms with E-state index in [-0.39, 0.29) is 0 Å². The van der Waals surface area contributed by atoms with Crippen LogP contribution in [0.25, 0.3) is 0 Å². The predicted molar refractivity (Wildman–Crippen MR) is 65.5 cm³/mol. The average molecular weight is 253 g/mol. The maximum absolute atomic E-state index is 11.1. The molecule has 0 aliphatic carbocycles. The maximum Gasteiger partial charge on any atom is 0.339 e. The van der Waals surface area contributed by atoms with Gasteiger partial charge in [-0.1, -0.05) is 0 Å². The quantitative estimate of drug-likeness (QED) is 0.856. The van der Waals surface area contributed by atoms with E-state index in [9.17, 15) is 4.79 Å². The first-order chi connectivity index (χ1) is 8.61. The van der Waals surface area contributed by atoms with E-state index in [4.69, 9.17) is 9.84 Å². The number of likely N-dealkylation sites (tertiary alicyclic amines) is 1. The molecule has 2 heterocycles. The number of carboxylic acid groups (broad SMARTS) is 1. The molecule has 0 bridgehead atoms. The van der Waals surface area contributed by atoms with Gasteiger partial charge in [0.1, 0.15) is 5.56 Å². The first kappa shape index (κ1) is 13.0. The fourth-order valence-corrected chi connectivity index (χ4v) is 2.34. The third kappa shape index (κ3) is 2.70. The molecule has 18 heavy (non-hydrogen) atoms. The molecule has 0 unspecified atom stereocenters. The number of piperidine rings is 1. The number of rotatable bonds is 4.